The van der Waals surface area contributed by atoms with Crippen molar-refractivity contribution < 1.29 is 19.4 Å². The summed E-state index contributed by atoms with van der Waals surface area (Å²) in [5.74, 6) is -0.465. The zero-order valence-electron chi connectivity index (χ0n) is 19.6. The van der Waals surface area contributed by atoms with E-state index >= 15 is 0 Å². The van der Waals surface area contributed by atoms with Gasteiger partial charge in [0.05, 0.1) is 16.2 Å². The van der Waals surface area contributed by atoms with E-state index in [9.17, 15) is 9.59 Å². The third-order valence-electron chi connectivity index (χ3n) is 5.40. The lowest BCUT2D eigenvalue weighted by Gasteiger charge is -2.12. The monoisotopic (exact) mass is 487 g/mol. The second-order valence-electron chi connectivity index (χ2n) is 8.11. The number of hydrogen-bond acceptors (Lipinski definition) is 6. The summed E-state index contributed by atoms with van der Waals surface area (Å²) in [6, 6.07) is 21.9. The Hall–Kier alpha value is -4.04. The van der Waals surface area contributed by atoms with E-state index in [0.717, 1.165) is 22.5 Å². The molecular formula is C27H25N3O4S. The van der Waals surface area contributed by atoms with Crippen LogP contribution in [0.25, 0.3) is 6.08 Å². The van der Waals surface area contributed by atoms with E-state index in [1.807, 2.05) is 73.6 Å². The van der Waals surface area contributed by atoms with E-state index in [1.54, 1.807) is 36.2 Å². The summed E-state index contributed by atoms with van der Waals surface area (Å²) in [4.78, 5) is 32.7. The van der Waals surface area contributed by atoms with Crippen molar-refractivity contribution in [1.29, 1.82) is 0 Å². The highest BCUT2D eigenvalue weighted by Crippen LogP contribution is 2.35. The number of aliphatic imine (C=N–C) groups is 1. The van der Waals surface area contributed by atoms with Crippen molar-refractivity contribution >= 4 is 46.3 Å². The highest BCUT2D eigenvalue weighted by atomic mass is 32.2. The molecule has 178 valence electrons. The smallest absolute Gasteiger partial charge is 0.335 e. The molecule has 0 aromatic heterocycles. The molecule has 1 N–H and O–H groups in total. The van der Waals surface area contributed by atoms with Gasteiger partial charge in [-0.15, -0.1) is 0 Å². The number of anilines is 1. The summed E-state index contributed by atoms with van der Waals surface area (Å²) < 4.78 is 5.99. The predicted molar refractivity (Wildman–Crippen MR) is 140 cm³/mol. The van der Waals surface area contributed by atoms with Gasteiger partial charge in [0.25, 0.3) is 5.91 Å². The number of para-hydroxylation sites is 1. The number of nitrogens with zero attached hydrogens (tertiary/aromatic N) is 3. The zero-order valence-corrected chi connectivity index (χ0v) is 20.5. The van der Waals surface area contributed by atoms with E-state index in [1.165, 1.54) is 11.8 Å². The molecule has 7 nitrogen and oxygen atoms in total. The third-order valence-corrected chi connectivity index (χ3v) is 6.46. The summed E-state index contributed by atoms with van der Waals surface area (Å²) in [6.45, 7) is 0.275. The Balaban J connectivity index is 1.51. The summed E-state index contributed by atoms with van der Waals surface area (Å²) in [7, 11) is 5.67. The molecule has 0 unspecified atom stereocenters. The SMILES string of the molecule is CN1C(=O)/C(=C/c2ccccc2OCc2ccc(C(=O)O)cc2)SC1=Nc1ccc(N(C)C)cc1. The normalized spacial score (nSPS) is 15.6. The number of carbonyl (C=O) groups is 2. The van der Waals surface area contributed by atoms with E-state index in [-0.39, 0.29) is 18.1 Å². The van der Waals surface area contributed by atoms with Crippen LogP contribution in [0.15, 0.2) is 82.7 Å². The van der Waals surface area contributed by atoms with Crippen LogP contribution in [0.2, 0.25) is 0 Å². The minimum Gasteiger partial charge on any atom is -0.488 e. The largest absolute Gasteiger partial charge is 0.488 e. The highest BCUT2D eigenvalue weighted by Gasteiger charge is 2.30. The average Bonchev–Trinajstić information content (AvgIpc) is 3.11. The fourth-order valence-corrected chi connectivity index (χ4v) is 4.34. The van der Waals surface area contributed by atoms with Crippen LogP contribution in [0.3, 0.4) is 0 Å². The number of likely N-dealkylation sites (N-methyl/N-ethyl adjacent to an activating group) is 1. The van der Waals surface area contributed by atoms with Gasteiger partial charge < -0.3 is 14.7 Å². The van der Waals surface area contributed by atoms with Crippen molar-refractivity contribution in [2.75, 3.05) is 26.0 Å². The van der Waals surface area contributed by atoms with Gasteiger partial charge in [-0.1, -0.05) is 30.3 Å². The molecule has 1 aliphatic rings. The molecule has 1 fully saturated rings. The lowest BCUT2D eigenvalue weighted by Crippen LogP contribution is -2.23. The Bertz CT molecular complexity index is 1300. The number of carbonyl (C=O) groups excluding carboxylic acids is 1. The number of rotatable bonds is 7. The molecule has 4 rings (SSSR count). The van der Waals surface area contributed by atoms with E-state index in [0.29, 0.717) is 15.8 Å². The van der Waals surface area contributed by atoms with Gasteiger partial charge in [-0.2, -0.15) is 0 Å². The van der Waals surface area contributed by atoms with Crippen LogP contribution in [0.1, 0.15) is 21.5 Å². The highest BCUT2D eigenvalue weighted by molar-refractivity contribution is 8.18. The second kappa shape index (κ2) is 10.5. The Kier molecular flexibility index (Phi) is 7.22. The molecule has 35 heavy (non-hydrogen) atoms. The van der Waals surface area contributed by atoms with E-state index in [4.69, 9.17) is 9.84 Å². The van der Waals surface area contributed by atoms with Gasteiger partial charge >= 0.3 is 5.97 Å². The first kappa shape index (κ1) is 24.1. The van der Waals surface area contributed by atoms with Crippen molar-refractivity contribution in [2.24, 2.45) is 4.99 Å². The Labute approximate surface area is 208 Å². The van der Waals surface area contributed by atoms with E-state index < -0.39 is 5.97 Å². The Morgan fingerprint density at radius 2 is 1.74 bits per heavy atom. The van der Waals surface area contributed by atoms with Gasteiger partial charge in [-0.05, 0) is 65.9 Å². The summed E-state index contributed by atoms with van der Waals surface area (Å²) in [6.07, 6.45) is 1.81. The van der Waals surface area contributed by atoms with Gasteiger partial charge in [-0.3, -0.25) is 9.69 Å². The first-order valence-corrected chi connectivity index (χ1v) is 11.7. The number of thioether (sulfide) groups is 1. The summed E-state index contributed by atoms with van der Waals surface area (Å²) in [5, 5.41) is 9.65. The van der Waals surface area contributed by atoms with Crippen LogP contribution in [0, 0.1) is 0 Å². The molecule has 0 spiro atoms. The molecule has 0 bridgehead atoms. The molecule has 1 saturated heterocycles. The Morgan fingerprint density at radius 1 is 1.06 bits per heavy atom. The summed E-state index contributed by atoms with van der Waals surface area (Å²) in [5.41, 5.74) is 3.70. The number of ether oxygens (including phenoxy) is 1. The topological polar surface area (TPSA) is 82.4 Å². The Morgan fingerprint density at radius 3 is 2.40 bits per heavy atom. The number of hydrogen-bond donors (Lipinski definition) is 1. The quantitative estimate of drug-likeness (QED) is 0.458. The standard InChI is InChI=1S/C27H25N3O4S/c1-29(2)22-14-12-21(13-15-22)28-27-30(3)25(31)24(35-27)16-20-6-4-5-7-23(20)34-17-18-8-10-19(11-9-18)26(32)33/h4-16H,17H2,1-3H3,(H,32,33)/b24-16-,28-27?. The van der Waals surface area contributed by atoms with Crippen molar-refractivity contribution in [3.05, 3.63) is 94.4 Å². The number of amides is 1. The molecule has 3 aromatic rings. The zero-order chi connectivity index (χ0) is 24.9. The molecule has 3 aromatic carbocycles. The van der Waals surface area contributed by atoms with Gasteiger partial charge in [0.15, 0.2) is 5.17 Å². The molecule has 8 heteroatoms. The molecule has 0 atom stereocenters. The van der Waals surface area contributed by atoms with Crippen LogP contribution < -0.4 is 9.64 Å². The number of carboxylic acid groups (broad SMARTS) is 1. The van der Waals surface area contributed by atoms with Gasteiger partial charge in [-0.25, -0.2) is 9.79 Å². The molecule has 0 radical (unpaired) electrons. The fourth-order valence-electron chi connectivity index (χ4n) is 3.36. The average molecular weight is 488 g/mol. The number of amidine groups is 1. The van der Waals surface area contributed by atoms with Crippen LogP contribution in [0.5, 0.6) is 5.75 Å². The van der Waals surface area contributed by atoms with Crippen molar-refractivity contribution in [2.45, 2.75) is 6.61 Å². The minimum atomic E-state index is -0.966. The van der Waals surface area contributed by atoms with Crippen molar-refractivity contribution in [1.82, 2.24) is 4.90 Å². The van der Waals surface area contributed by atoms with Gasteiger partial charge in [0.2, 0.25) is 0 Å². The van der Waals surface area contributed by atoms with Crippen LogP contribution in [0.4, 0.5) is 11.4 Å². The number of carboxylic acids is 1. The fraction of sp³-hybridized carbons (Fsp3) is 0.148. The molecule has 0 saturated carbocycles. The van der Waals surface area contributed by atoms with Crippen molar-refractivity contribution in [3.63, 3.8) is 0 Å². The summed E-state index contributed by atoms with van der Waals surface area (Å²) >= 11 is 1.32. The van der Waals surface area contributed by atoms with Crippen LogP contribution in [-0.4, -0.2) is 48.2 Å². The van der Waals surface area contributed by atoms with Crippen LogP contribution >= 0.6 is 11.8 Å². The van der Waals surface area contributed by atoms with Crippen LogP contribution in [-0.2, 0) is 11.4 Å². The minimum absolute atomic E-state index is 0.127. The molecule has 1 heterocycles. The molecule has 1 amide bonds. The molecular weight excluding hydrogens is 462 g/mol. The maximum Gasteiger partial charge on any atom is 0.335 e. The van der Waals surface area contributed by atoms with Gasteiger partial charge in [0, 0.05) is 32.4 Å². The second-order valence-corrected chi connectivity index (χ2v) is 9.12. The molecule has 0 aliphatic carbocycles. The number of aromatic carboxylic acids is 1. The third kappa shape index (κ3) is 5.73. The first-order chi connectivity index (χ1) is 16.8. The molecule has 1 aliphatic heterocycles. The van der Waals surface area contributed by atoms with Crippen molar-refractivity contribution in [3.8, 4) is 5.75 Å². The lowest BCUT2D eigenvalue weighted by atomic mass is 10.1. The number of benzene rings is 3. The van der Waals surface area contributed by atoms with E-state index in [2.05, 4.69) is 4.99 Å². The maximum absolute atomic E-state index is 12.9. The predicted octanol–water partition coefficient (Wildman–Crippen LogP) is 5.26. The first-order valence-electron chi connectivity index (χ1n) is 10.9. The maximum atomic E-state index is 12.9. The van der Waals surface area contributed by atoms with Gasteiger partial charge in [0.1, 0.15) is 12.4 Å². The lowest BCUT2D eigenvalue weighted by molar-refractivity contribution is -0.121.